The van der Waals surface area contributed by atoms with Gasteiger partial charge >= 0.3 is 0 Å². The number of H-pyrrole nitrogens is 1. The molecule has 0 saturated carbocycles. The molecule has 1 spiro atoms. The number of aryl methyl sites for hydroxylation is 3. The molecule has 7 nitrogen and oxygen atoms in total. The maximum absolute atomic E-state index is 13.5. The standard InChI is InChI=1S/C24H28N4O3/c1-14-5-6-15(2)17(9-14)11-28-13-24-8-7-18(31-24)20(21(24)23(28)30)22(29)27(4)12-19-25-10-16(3)26-19/h5-10,18,20-21H,11-13H2,1-4H3,(H,25,26)/t18-,20?,21?,24-/m1/s1. The topological polar surface area (TPSA) is 78.5 Å². The lowest BCUT2D eigenvalue weighted by atomic mass is 9.76. The summed E-state index contributed by atoms with van der Waals surface area (Å²) >= 11 is 0. The van der Waals surface area contributed by atoms with Crippen molar-refractivity contribution in [2.45, 2.75) is 45.6 Å². The number of amides is 2. The van der Waals surface area contributed by atoms with E-state index in [0.717, 1.165) is 22.6 Å². The number of hydrogen-bond acceptors (Lipinski definition) is 4. The second-order valence-electron chi connectivity index (χ2n) is 9.23. The monoisotopic (exact) mass is 420 g/mol. The van der Waals surface area contributed by atoms with E-state index in [1.54, 1.807) is 18.1 Å². The first-order chi connectivity index (χ1) is 14.8. The molecule has 2 fully saturated rings. The van der Waals surface area contributed by atoms with Crippen molar-refractivity contribution in [3.05, 3.63) is 64.8 Å². The summed E-state index contributed by atoms with van der Waals surface area (Å²) in [6.07, 6.45) is 5.37. The van der Waals surface area contributed by atoms with Crippen molar-refractivity contribution in [2.24, 2.45) is 11.8 Å². The van der Waals surface area contributed by atoms with Crippen molar-refractivity contribution in [3.8, 4) is 0 Å². The second-order valence-corrected chi connectivity index (χ2v) is 9.23. The lowest BCUT2D eigenvalue weighted by molar-refractivity contribution is -0.143. The van der Waals surface area contributed by atoms with Gasteiger partial charge in [-0.3, -0.25) is 9.59 Å². The minimum atomic E-state index is -0.693. The van der Waals surface area contributed by atoms with E-state index in [1.165, 1.54) is 5.56 Å². The van der Waals surface area contributed by atoms with Crippen molar-refractivity contribution in [1.82, 2.24) is 19.8 Å². The molecule has 4 heterocycles. The Bertz CT molecular complexity index is 1090. The first kappa shape index (κ1) is 20.0. The van der Waals surface area contributed by atoms with E-state index >= 15 is 0 Å². The highest BCUT2D eigenvalue weighted by Gasteiger charge is 2.67. The molecule has 31 heavy (non-hydrogen) atoms. The van der Waals surface area contributed by atoms with E-state index in [0.29, 0.717) is 19.6 Å². The Morgan fingerprint density at radius 1 is 1.35 bits per heavy atom. The van der Waals surface area contributed by atoms with Crippen molar-refractivity contribution in [1.29, 1.82) is 0 Å². The Morgan fingerprint density at radius 2 is 2.16 bits per heavy atom. The van der Waals surface area contributed by atoms with Crippen LogP contribution >= 0.6 is 0 Å². The van der Waals surface area contributed by atoms with Crippen LogP contribution in [0.5, 0.6) is 0 Å². The number of aromatic amines is 1. The van der Waals surface area contributed by atoms with E-state index in [-0.39, 0.29) is 17.9 Å². The smallest absolute Gasteiger partial charge is 0.230 e. The number of carbonyl (C=O) groups is 2. The molecule has 2 amide bonds. The maximum Gasteiger partial charge on any atom is 0.230 e. The van der Waals surface area contributed by atoms with Crippen molar-refractivity contribution in [3.63, 3.8) is 0 Å². The van der Waals surface area contributed by atoms with Crippen LogP contribution in [0.3, 0.4) is 0 Å². The fraction of sp³-hybridized carbons (Fsp3) is 0.458. The van der Waals surface area contributed by atoms with Crippen LogP contribution in [0.25, 0.3) is 0 Å². The van der Waals surface area contributed by atoms with E-state index in [1.807, 2.05) is 24.0 Å². The molecule has 2 bridgehead atoms. The van der Waals surface area contributed by atoms with Gasteiger partial charge in [0, 0.05) is 25.5 Å². The van der Waals surface area contributed by atoms with Gasteiger partial charge in [-0.05, 0) is 31.9 Å². The van der Waals surface area contributed by atoms with Crippen LogP contribution < -0.4 is 0 Å². The number of rotatable bonds is 5. The van der Waals surface area contributed by atoms with E-state index in [9.17, 15) is 9.59 Å². The third kappa shape index (κ3) is 3.19. The largest absolute Gasteiger partial charge is 0.360 e. The molecule has 2 aromatic rings. The van der Waals surface area contributed by atoms with Gasteiger partial charge in [0.1, 0.15) is 11.4 Å². The first-order valence-corrected chi connectivity index (χ1v) is 10.7. The summed E-state index contributed by atoms with van der Waals surface area (Å²) in [5.41, 5.74) is 3.73. The second kappa shape index (κ2) is 7.05. The predicted octanol–water partition coefficient (Wildman–Crippen LogP) is 2.28. The zero-order chi connectivity index (χ0) is 21.9. The molecular formula is C24H28N4O3. The number of imidazole rings is 1. The number of nitrogens with one attached hydrogen (secondary N) is 1. The Kier molecular flexibility index (Phi) is 4.55. The van der Waals surface area contributed by atoms with Gasteiger partial charge in [-0.25, -0.2) is 4.98 Å². The first-order valence-electron chi connectivity index (χ1n) is 10.7. The van der Waals surface area contributed by atoms with Gasteiger partial charge in [-0.2, -0.15) is 0 Å². The van der Waals surface area contributed by atoms with Gasteiger partial charge in [-0.1, -0.05) is 35.9 Å². The lowest BCUT2D eigenvalue weighted by Gasteiger charge is -2.27. The summed E-state index contributed by atoms with van der Waals surface area (Å²) in [4.78, 5) is 37.8. The van der Waals surface area contributed by atoms with Gasteiger partial charge in [0.15, 0.2) is 0 Å². The van der Waals surface area contributed by atoms with Crippen LogP contribution in [0.4, 0.5) is 0 Å². The Hall–Kier alpha value is -2.93. The van der Waals surface area contributed by atoms with E-state index < -0.39 is 17.4 Å². The summed E-state index contributed by atoms with van der Waals surface area (Å²) in [7, 11) is 1.76. The number of likely N-dealkylation sites (tertiary alicyclic amines) is 1. The minimum absolute atomic E-state index is 0.00773. The molecule has 2 unspecified atom stereocenters. The molecule has 1 aromatic carbocycles. The molecular weight excluding hydrogens is 392 g/mol. The molecule has 3 aliphatic heterocycles. The molecule has 162 valence electrons. The van der Waals surface area contributed by atoms with Crippen LogP contribution in [-0.2, 0) is 27.4 Å². The van der Waals surface area contributed by atoms with E-state index in [2.05, 4.69) is 42.0 Å². The summed E-state index contributed by atoms with van der Waals surface area (Å²) in [6.45, 7) is 7.45. The molecule has 7 heteroatoms. The fourth-order valence-electron chi connectivity index (χ4n) is 5.27. The Labute approximate surface area is 182 Å². The molecule has 1 N–H and O–H groups in total. The number of ether oxygens (including phenoxy) is 1. The normalized spacial score (nSPS) is 28.5. The number of fused-ring (bicyclic) bond motifs is 1. The molecule has 5 rings (SSSR count). The van der Waals surface area contributed by atoms with Gasteiger partial charge < -0.3 is 19.5 Å². The Morgan fingerprint density at radius 3 is 2.90 bits per heavy atom. The summed E-state index contributed by atoms with van der Waals surface area (Å²) < 4.78 is 6.27. The minimum Gasteiger partial charge on any atom is -0.360 e. The SMILES string of the molecule is Cc1ccc(C)c(CN2C[C@@]34C=C[C@@H](O3)C(C(=O)N(C)Cc3ncc(C)[nH]3)C4C2=O)c1. The predicted molar refractivity (Wildman–Crippen MR) is 115 cm³/mol. The highest BCUT2D eigenvalue weighted by atomic mass is 16.5. The van der Waals surface area contributed by atoms with Crippen molar-refractivity contribution < 1.29 is 14.3 Å². The third-order valence-corrected chi connectivity index (χ3v) is 6.85. The van der Waals surface area contributed by atoms with Gasteiger partial charge in [0.2, 0.25) is 11.8 Å². The fourth-order valence-corrected chi connectivity index (χ4v) is 5.27. The number of aromatic nitrogens is 2. The molecule has 1 aromatic heterocycles. The summed E-state index contributed by atoms with van der Waals surface area (Å²) in [5, 5.41) is 0. The van der Waals surface area contributed by atoms with Crippen LogP contribution in [-0.4, -0.2) is 56.9 Å². The van der Waals surface area contributed by atoms with Crippen LogP contribution in [0.2, 0.25) is 0 Å². The van der Waals surface area contributed by atoms with Crippen molar-refractivity contribution >= 4 is 11.8 Å². The number of nitrogens with zero attached hydrogens (tertiary/aromatic N) is 3. The highest BCUT2D eigenvalue weighted by Crippen LogP contribution is 2.52. The zero-order valence-corrected chi connectivity index (χ0v) is 18.4. The number of benzene rings is 1. The molecule has 0 radical (unpaired) electrons. The summed E-state index contributed by atoms with van der Waals surface area (Å²) in [6, 6.07) is 6.30. The molecule has 2 saturated heterocycles. The lowest BCUT2D eigenvalue weighted by Crippen LogP contribution is -2.44. The average molecular weight is 421 g/mol. The maximum atomic E-state index is 13.5. The van der Waals surface area contributed by atoms with Gasteiger partial charge in [0.05, 0.1) is 31.0 Å². The zero-order valence-electron chi connectivity index (χ0n) is 18.4. The number of carbonyl (C=O) groups excluding carboxylic acids is 2. The molecule has 3 aliphatic rings. The van der Waals surface area contributed by atoms with Crippen LogP contribution in [0.1, 0.15) is 28.2 Å². The number of hydrogen-bond donors (Lipinski definition) is 1. The van der Waals surface area contributed by atoms with Crippen LogP contribution in [0.15, 0.2) is 36.5 Å². The average Bonchev–Trinajstić information content (AvgIpc) is 3.46. The third-order valence-electron chi connectivity index (χ3n) is 6.85. The quantitative estimate of drug-likeness (QED) is 0.753. The molecule has 4 atom stereocenters. The Balaban J connectivity index is 1.37. The van der Waals surface area contributed by atoms with Crippen molar-refractivity contribution in [2.75, 3.05) is 13.6 Å². The molecule has 0 aliphatic carbocycles. The van der Waals surface area contributed by atoms with Crippen LogP contribution in [0, 0.1) is 32.6 Å². The summed E-state index contributed by atoms with van der Waals surface area (Å²) in [5.74, 6) is -0.300. The highest BCUT2D eigenvalue weighted by molar-refractivity contribution is 5.93. The van der Waals surface area contributed by atoms with Gasteiger partial charge in [0.25, 0.3) is 0 Å². The van der Waals surface area contributed by atoms with E-state index in [4.69, 9.17) is 4.74 Å². The van der Waals surface area contributed by atoms with Gasteiger partial charge in [-0.15, -0.1) is 0 Å².